The fourth-order valence-electron chi connectivity index (χ4n) is 2.78. The molecular weight excluding hydrogens is 218 g/mol. The van der Waals surface area contributed by atoms with E-state index in [4.69, 9.17) is 14.2 Å². The van der Waals surface area contributed by atoms with Crippen LogP contribution in [0.2, 0.25) is 0 Å². The van der Waals surface area contributed by atoms with E-state index in [2.05, 4.69) is 26.1 Å². The van der Waals surface area contributed by atoms with E-state index in [-0.39, 0.29) is 17.5 Å². The standard InChI is InChI=1S/C13H25NO3/c1-12(2,3)17-11-9-13(15-7-8-16-13)6-5-10(11)14-4/h10-11,14H,5-9H2,1-4H3. The SMILES string of the molecule is CNC1CCC2(CC1OC(C)(C)C)OCCO2. The molecule has 2 aliphatic rings. The molecule has 1 aliphatic carbocycles. The summed E-state index contributed by atoms with van der Waals surface area (Å²) in [6.07, 6.45) is 2.99. The Morgan fingerprint density at radius 2 is 1.88 bits per heavy atom. The van der Waals surface area contributed by atoms with Crippen molar-refractivity contribution in [3.63, 3.8) is 0 Å². The first-order valence-corrected chi connectivity index (χ1v) is 6.57. The van der Waals surface area contributed by atoms with Gasteiger partial charge in [-0.15, -0.1) is 0 Å². The van der Waals surface area contributed by atoms with Gasteiger partial charge in [0.15, 0.2) is 5.79 Å². The summed E-state index contributed by atoms with van der Waals surface area (Å²) in [6.45, 7) is 7.71. The van der Waals surface area contributed by atoms with Gasteiger partial charge in [0.1, 0.15) is 0 Å². The molecule has 1 heterocycles. The molecule has 1 N–H and O–H groups in total. The van der Waals surface area contributed by atoms with Crippen LogP contribution in [0.4, 0.5) is 0 Å². The molecule has 100 valence electrons. The smallest absolute Gasteiger partial charge is 0.171 e. The Bertz CT molecular complexity index is 256. The second-order valence-corrected chi connectivity index (χ2v) is 6.01. The zero-order valence-corrected chi connectivity index (χ0v) is 11.4. The Morgan fingerprint density at radius 3 is 2.41 bits per heavy atom. The molecule has 0 aromatic carbocycles. The average Bonchev–Trinajstić information content (AvgIpc) is 2.64. The summed E-state index contributed by atoms with van der Waals surface area (Å²) in [5.74, 6) is -0.372. The molecule has 0 radical (unpaired) electrons. The average molecular weight is 243 g/mol. The van der Waals surface area contributed by atoms with Gasteiger partial charge in [-0.1, -0.05) is 0 Å². The number of hydrogen-bond acceptors (Lipinski definition) is 4. The van der Waals surface area contributed by atoms with Crippen LogP contribution in [-0.4, -0.2) is 43.8 Å². The Hall–Kier alpha value is -0.160. The van der Waals surface area contributed by atoms with Gasteiger partial charge in [0.2, 0.25) is 0 Å². The molecule has 0 bridgehead atoms. The molecule has 4 nitrogen and oxygen atoms in total. The highest BCUT2D eigenvalue weighted by atomic mass is 16.7. The van der Waals surface area contributed by atoms with Crippen molar-refractivity contribution in [2.24, 2.45) is 0 Å². The van der Waals surface area contributed by atoms with Crippen LogP contribution < -0.4 is 5.32 Å². The van der Waals surface area contributed by atoms with Crippen molar-refractivity contribution in [2.45, 2.75) is 63.6 Å². The summed E-state index contributed by atoms with van der Waals surface area (Å²) in [6, 6.07) is 0.396. The number of ether oxygens (including phenoxy) is 3. The lowest BCUT2D eigenvalue weighted by Gasteiger charge is -2.43. The molecule has 17 heavy (non-hydrogen) atoms. The molecule has 1 saturated carbocycles. The van der Waals surface area contributed by atoms with E-state index in [1.165, 1.54) is 0 Å². The van der Waals surface area contributed by atoms with E-state index in [9.17, 15) is 0 Å². The highest BCUT2D eigenvalue weighted by Gasteiger charge is 2.46. The fraction of sp³-hybridized carbons (Fsp3) is 1.00. The van der Waals surface area contributed by atoms with E-state index < -0.39 is 0 Å². The third-order valence-electron chi connectivity index (χ3n) is 3.49. The first-order valence-electron chi connectivity index (χ1n) is 6.57. The Balaban J connectivity index is 2.03. The van der Waals surface area contributed by atoms with Gasteiger partial charge in [0.05, 0.1) is 24.9 Å². The zero-order chi connectivity index (χ0) is 12.5. The second-order valence-electron chi connectivity index (χ2n) is 6.01. The largest absolute Gasteiger partial charge is 0.371 e. The van der Waals surface area contributed by atoms with E-state index in [0.717, 1.165) is 19.3 Å². The van der Waals surface area contributed by atoms with Crippen molar-refractivity contribution in [2.75, 3.05) is 20.3 Å². The van der Waals surface area contributed by atoms with E-state index in [1.54, 1.807) is 0 Å². The minimum absolute atomic E-state index is 0.128. The molecule has 2 fully saturated rings. The quantitative estimate of drug-likeness (QED) is 0.801. The number of hydrogen-bond donors (Lipinski definition) is 1. The van der Waals surface area contributed by atoms with Crippen LogP contribution in [0.1, 0.15) is 40.0 Å². The lowest BCUT2D eigenvalue weighted by Crippen LogP contribution is -2.52. The number of rotatable bonds is 2. The molecule has 0 aromatic rings. The molecule has 4 heteroatoms. The van der Waals surface area contributed by atoms with Gasteiger partial charge < -0.3 is 19.5 Å². The first kappa shape index (κ1) is 13.3. The zero-order valence-electron chi connectivity index (χ0n) is 11.4. The molecule has 0 aromatic heterocycles. The van der Waals surface area contributed by atoms with E-state index in [0.29, 0.717) is 19.3 Å². The Morgan fingerprint density at radius 1 is 1.24 bits per heavy atom. The topological polar surface area (TPSA) is 39.7 Å². The summed E-state index contributed by atoms with van der Waals surface area (Å²) in [4.78, 5) is 0. The summed E-state index contributed by atoms with van der Waals surface area (Å²) in [7, 11) is 2.00. The van der Waals surface area contributed by atoms with Gasteiger partial charge in [-0.25, -0.2) is 0 Å². The van der Waals surface area contributed by atoms with Gasteiger partial charge in [0.25, 0.3) is 0 Å². The van der Waals surface area contributed by atoms with Crippen LogP contribution in [0.25, 0.3) is 0 Å². The first-order chi connectivity index (χ1) is 7.94. The Labute approximate surface area is 104 Å². The predicted molar refractivity (Wildman–Crippen MR) is 66.0 cm³/mol. The molecule has 2 atom stereocenters. The maximum atomic E-state index is 6.15. The molecule has 2 unspecified atom stereocenters. The predicted octanol–water partition coefficient (Wildman–Crippen LogP) is 1.69. The van der Waals surface area contributed by atoms with Crippen LogP contribution in [0.5, 0.6) is 0 Å². The van der Waals surface area contributed by atoms with Crippen molar-refractivity contribution >= 4 is 0 Å². The van der Waals surface area contributed by atoms with Gasteiger partial charge in [0, 0.05) is 18.9 Å². The van der Waals surface area contributed by atoms with Crippen molar-refractivity contribution in [1.29, 1.82) is 0 Å². The van der Waals surface area contributed by atoms with Gasteiger partial charge >= 0.3 is 0 Å². The third-order valence-corrected chi connectivity index (χ3v) is 3.49. The number of likely N-dealkylation sites (N-methyl/N-ethyl adjacent to an activating group) is 1. The number of nitrogens with one attached hydrogen (secondary N) is 1. The summed E-state index contributed by atoms with van der Waals surface area (Å²) in [5.41, 5.74) is -0.128. The van der Waals surface area contributed by atoms with Crippen LogP contribution in [0.3, 0.4) is 0 Å². The molecule has 2 rings (SSSR count). The van der Waals surface area contributed by atoms with Crippen molar-refractivity contribution in [3.05, 3.63) is 0 Å². The lowest BCUT2D eigenvalue weighted by atomic mass is 9.87. The summed E-state index contributed by atoms with van der Waals surface area (Å²) >= 11 is 0. The molecular formula is C13H25NO3. The lowest BCUT2D eigenvalue weighted by molar-refractivity contribution is -0.219. The van der Waals surface area contributed by atoms with Crippen LogP contribution in [0, 0.1) is 0 Å². The van der Waals surface area contributed by atoms with Crippen molar-refractivity contribution in [3.8, 4) is 0 Å². The molecule has 1 aliphatic heterocycles. The van der Waals surface area contributed by atoms with Crippen molar-refractivity contribution < 1.29 is 14.2 Å². The van der Waals surface area contributed by atoms with Crippen molar-refractivity contribution in [1.82, 2.24) is 5.32 Å². The summed E-state index contributed by atoms with van der Waals surface area (Å²) < 4.78 is 17.7. The van der Waals surface area contributed by atoms with Gasteiger partial charge in [-0.2, -0.15) is 0 Å². The van der Waals surface area contributed by atoms with Crippen LogP contribution in [0.15, 0.2) is 0 Å². The minimum atomic E-state index is -0.372. The Kier molecular flexibility index (Phi) is 3.78. The third kappa shape index (κ3) is 3.19. The molecule has 1 spiro atoms. The second kappa shape index (κ2) is 4.84. The monoisotopic (exact) mass is 243 g/mol. The highest BCUT2D eigenvalue weighted by Crippen LogP contribution is 2.38. The normalized spacial score (nSPS) is 33.2. The fourth-order valence-corrected chi connectivity index (χ4v) is 2.78. The minimum Gasteiger partial charge on any atom is -0.371 e. The maximum Gasteiger partial charge on any atom is 0.171 e. The van der Waals surface area contributed by atoms with Crippen LogP contribution >= 0.6 is 0 Å². The van der Waals surface area contributed by atoms with E-state index >= 15 is 0 Å². The van der Waals surface area contributed by atoms with E-state index in [1.807, 2.05) is 7.05 Å². The van der Waals surface area contributed by atoms with Gasteiger partial charge in [-0.05, 0) is 34.2 Å². The highest BCUT2D eigenvalue weighted by molar-refractivity contribution is 4.92. The molecule has 0 amide bonds. The van der Waals surface area contributed by atoms with Gasteiger partial charge in [-0.3, -0.25) is 0 Å². The maximum absolute atomic E-state index is 6.15. The molecule has 1 saturated heterocycles. The van der Waals surface area contributed by atoms with Crippen LogP contribution in [-0.2, 0) is 14.2 Å². The summed E-state index contributed by atoms with van der Waals surface area (Å²) in [5, 5.41) is 3.35.